The second-order valence-electron chi connectivity index (χ2n) is 8.60. The van der Waals surface area contributed by atoms with Gasteiger partial charge in [-0.1, -0.05) is 59.6 Å². The number of hydrogen-bond acceptors (Lipinski definition) is 4. The van der Waals surface area contributed by atoms with Crippen LogP contribution in [-0.4, -0.2) is 50.5 Å². The Labute approximate surface area is 247 Å². The summed E-state index contributed by atoms with van der Waals surface area (Å²) < 4.78 is 27.5. The van der Waals surface area contributed by atoms with Crippen molar-refractivity contribution >= 4 is 73.3 Å². The first-order chi connectivity index (χ1) is 18.0. The molecular formula is C27H28Cl2IN3O4S. The molecule has 3 rings (SSSR count). The Hall–Kier alpha value is -2.34. The zero-order valence-corrected chi connectivity index (χ0v) is 25.4. The van der Waals surface area contributed by atoms with Gasteiger partial charge in [0.05, 0.1) is 11.9 Å². The highest BCUT2D eigenvalue weighted by atomic mass is 127. The first-order valence-corrected chi connectivity index (χ1v) is 15.5. The minimum absolute atomic E-state index is 0.0201. The summed E-state index contributed by atoms with van der Waals surface area (Å²) in [6.45, 7) is 1.65. The third kappa shape index (κ3) is 8.33. The van der Waals surface area contributed by atoms with E-state index in [4.69, 9.17) is 23.2 Å². The number of benzene rings is 3. The van der Waals surface area contributed by atoms with Crippen molar-refractivity contribution in [3.63, 3.8) is 0 Å². The summed E-state index contributed by atoms with van der Waals surface area (Å²) in [5, 5.41) is 3.58. The van der Waals surface area contributed by atoms with Crippen LogP contribution in [-0.2, 0) is 32.6 Å². The summed E-state index contributed by atoms with van der Waals surface area (Å²) >= 11 is 14.6. The standard InChI is InChI=1S/C27H28Cl2IN3O4S/c1-3-31-27(35)25(15-19-7-5-4-6-8-19)32(17-20-9-10-21(28)16-24(20)29)26(34)18-33(38(2,36)37)23-13-11-22(30)12-14-23/h4-14,16,25H,3,15,17-18H2,1-2H3,(H,31,35)/t25-/m1/s1. The molecule has 11 heteroatoms. The lowest BCUT2D eigenvalue weighted by Gasteiger charge is -2.33. The van der Waals surface area contributed by atoms with Crippen LogP contribution < -0.4 is 9.62 Å². The Morgan fingerprint density at radius 2 is 1.66 bits per heavy atom. The Kier molecular flexibility index (Phi) is 10.8. The minimum Gasteiger partial charge on any atom is -0.355 e. The average Bonchev–Trinajstić information content (AvgIpc) is 2.86. The lowest BCUT2D eigenvalue weighted by atomic mass is 10.0. The highest BCUT2D eigenvalue weighted by Crippen LogP contribution is 2.25. The molecule has 3 aromatic rings. The van der Waals surface area contributed by atoms with Crippen molar-refractivity contribution in [2.24, 2.45) is 0 Å². The quantitative estimate of drug-likeness (QED) is 0.283. The van der Waals surface area contributed by atoms with E-state index in [1.165, 1.54) is 4.90 Å². The second kappa shape index (κ2) is 13.6. The van der Waals surface area contributed by atoms with Gasteiger partial charge in [0.1, 0.15) is 12.6 Å². The van der Waals surface area contributed by atoms with Crippen LogP contribution in [0.1, 0.15) is 18.1 Å². The first-order valence-electron chi connectivity index (χ1n) is 11.8. The highest BCUT2D eigenvalue weighted by Gasteiger charge is 2.33. The normalized spacial score (nSPS) is 12.0. The fourth-order valence-electron chi connectivity index (χ4n) is 3.90. The number of anilines is 1. The summed E-state index contributed by atoms with van der Waals surface area (Å²) in [4.78, 5) is 28.6. The van der Waals surface area contributed by atoms with Crippen LogP contribution in [0.2, 0.25) is 10.0 Å². The SMILES string of the molecule is CCNC(=O)[C@@H](Cc1ccccc1)N(Cc1ccc(Cl)cc1Cl)C(=O)CN(c1ccc(I)cc1)S(C)(=O)=O. The zero-order chi connectivity index (χ0) is 27.9. The van der Waals surface area contributed by atoms with Crippen molar-refractivity contribution in [1.29, 1.82) is 0 Å². The number of sulfonamides is 1. The van der Waals surface area contributed by atoms with Gasteiger partial charge in [-0.25, -0.2) is 8.42 Å². The van der Waals surface area contributed by atoms with Crippen molar-refractivity contribution < 1.29 is 18.0 Å². The molecule has 38 heavy (non-hydrogen) atoms. The van der Waals surface area contributed by atoms with Gasteiger partial charge >= 0.3 is 0 Å². The maximum Gasteiger partial charge on any atom is 0.244 e. The molecule has 1 N–H and O–H groups in total. The second-order valence-corrected chi connectivity index (χ2v) is 12.6. The lowest BCUT2D eigenvalue weighted by Crippen LogP contribution is -2.53. The molecule has 0 bridgehead atoms. The first kappa shape index (κ1) is 30.2. The topological polar surface area (TPSA) is 86.8 Å². The van der Waals surface area contributed by atoms with Gasteiger partial charge in [0.15, 0.2) is 0 Å². The third-order valence-corrected chi connectivity index (χ3v) is 8.22. The molecule has 0 aliphatic rings. The van der Waals surface area contributed by atoms with Gasteiger partial charge in [-0.15, -0.1) is 0 Å². The van der Waals surface area contributed by atoms with Crippen LogP contribution in [0.3, 0.4) is 0 Å². The van der Waals surface area contributed by atoms with Gasteiger partial charge in [0.2, 0.25) is 21.8 Å². The summed E-state index contributed by atoms with van der Waals surface area (Å²) in [6, 6.07) is 20.1. The van der Waals surface area contributed by atoms with Gasteiger partial charge in [0, 0.05) is 33.1 Å². The molecular weight excluding hydrogens is 660 g/mol. The van der Waals surface area contributed by atoms with Crippen LogP contribution in [0.15, 0.2) is 72.8 Å². The summed E-state index contributed by atoms with van der Waals surface area (Å²) in [6.07, 6.45) is 1.27. The van der Waals surface area contributed by atoms with E-state index in [-0.39, 0.29) is 18.9 Å². The molecule has 0 fully saturated rings. The Morgan fingerprint density at radius 1 is 1.00 bits per heavy atom. The van der Waals surface area contributed by atoms with Crippen molar-refractivity contribution in [2.45, 2.75) is 25.9 Å². The van der Waals surface area contributed by atoms with Gasteiger partial charge in [-0.05, 0) is 77.0 Å². The Bertz CT molecular complexity index is 1370. The fraction of sp³-hybridized carbons (Fsp3) is 0.259. The average molecular weight is 688 g/mol. The molecule has 7 nitrogen and oxygen atoms in total. The molecule has 3 aromatic carbocycles. The van der Waals surface area contributed by atoms with E-state index in [1.54, 1.807) is 49.4 Å². The van der Waals surface area contributed by atoms with E-state index < -0.39 is 28.5 Å². The molecule has 0 aromatic heterocycles. The maximum absolute atomic E-state index is 13.9. The van der Waals surface area contributed by atoms with Crippen LogP contribution in [0.4, 0.5) is 5.69 Å². The number of likely N-dealkylation sites (N-methyl/N-ethyl adjacent to an activating group) is 1. The number of nitrogens with zero attached hydrogens (tertiary/aromatic N) is 2. The predicted octanol–water partition coefficient (Wildman–Crippen LogP) is 5.14. The molecule has 0 spiro atoms. The summed E-state index contributed by atoms with van der Waals surface area (Å²) in [7, 11) is -3.82. The van der Waals surface area contributed by atoms with Crippen LogP contribution >= 0.6 is 45.8 Å². The number of amides is 2. The minimum atomic E-state index is -3.82. The Balaban J connectivity index is 2.06. The van der Waals surface area contributed by atoms with Crippen molar-refractivity contribution in [3.05, 3.63) is 97.5 Å². The molecule has 1 atom stereocenters. The van der Waals surface area contributed by atoms with E-state index in [0.717, 1.165) is 19.7 Å². The van der Waals surface area contributed by atoms with Crippen LogP contribution in [0.25, 0.3) is 0 Å². The van der Waals surface area contributed by atoms with Gasteiger partial charge in [-0.3, -0.25) is 13.9 Å². The van der Waals surface area contributed by atoms with Gasteiger partial charge in [-0.2, -0.15) is 0 Å². The van der Waals surface area contributed by atoms with Crippen molar-refractivity contribution in [2.75, 3.05) is 23.7 Å². The summed E-state index contributed by atoms with van der Waals surface area (Å²) in [5.74, 6) is -0.901. The van der Waals surface area contributed by atoms with Gasteiger partial charge < -0.3 is 10.2 Å². The molecule has 0 heterocycles. The highest BCUT2D eigenvalue weighted by molar-refractivity contribution is 14.1. The van der Waals surface area contributed by atoms with E-state index in [2.05, 4.69) is 27.9 Å². The van der Waals surface area contributed by atoms with Crippen LogP contribution in [0.5, 0.6) is 0 Å². The molecule has 0 aliphatic heterocycles. The van der Waals surface area contributed by atoms with E-state index in [1.807, 2.05) is 30.3 Å². The van der Waals surface area contributed by atoms with Crippen molar-refractivity contribution in [3.8, 4) is 0 Å². The molecule has 2 amide bonds. The monoisotopic (exact) mass is 687 g/mol. The molecule has 0 aliphatic carbocycles. The van der Waals surface area contributed by atoms with Crippen molar-refractivity contribution in [1.82, 2.24) is 10.2 Å². The number of nitrogens with one attached hydrogen (secondary N) is 1. The summed E-state index contributed by atoms with van der Waals surface area (Å²) in [5.41, 5.74) is 1.77. The molecule has 0 saturated heterocycles. The molecule has 0 radical (unpaired) electrons. The fourth-order valence-corrected chi connectivity index (χ4v) is 5.58. The van der Waals surface area contributed by atoms with E-state index in [9.17, 15) is 18.0 Å². The molecule has 202 valence electrons. The third-order valence-electron chi connectivity index (χ3n) is 5.77. The van der Waals surface area contributed by atoms with E-state index in [0.29, 0.717) is 27.8 Å². The van der Waals surface area contributed by atoms with Crippen LogP contribution in [0, 0.1) is 3.57 Å². The number of rotatable bonds is 11. The molecule has 0 saturated carbocycles. The Morgan fingerprint density at radius 3 is 2.24 bits per heavy atom. The largest absolute Gasteiger partial charge is 0.355 e. The lowest BCUT2D eigenvalue weighted by molar-refractivity contribution is -0.140. The number of halogens is 3. The predicted molar refractivity (Wildman–Crippen MR) is 161 cm³/mol. The number of carbonyl (C=O) groups excluding carboxylic acids is 2. The van der Waals surface area contributed by atoms with Gasteiger partial charge in [0.25, 0.3) is 0 Å². The smallest absolute Gasteiger partial charge is 0.244 e. The number of carbonyl (C=O) groups is 2. The zero-order valence-electron chi connectivity index (χ0n) is 20.9. The molecule has 0 unspecified atom stereocenters. The number of hydrogen-bond donors (Lipinski definition) is 1. The maximum atomic E-state index is 13.9. The van der Waals surface area contributed by atoms with E-state index >= 15 is 0 Å².